The number of hydrogen-bond donors (Lipinski definition) is 0. The normalized spacial score (nSPS) is 27.2. The number of hydrogen-bond acceptors (Lipinski definition) is 5. The molecule has 3 fully saturated rings. The van der Waals surface area contributed by atoms with Gasteiger partial charge in [0.2, 0.25) is 5.91 Å². The molecule has 0 N–H and O–H groups in total. The van der Waals surface area contributed by atoms with E-state index in [4.69, 9.17) is 9.47 Å². The van der Waals surface area contributed by atoms with E-state index < -0.39 is 0 Å². The Labute approximate surface area is 131 Å². The first-order chi connectivity index (χ1) is 10.7. The zero-order valence-electron chi connectivity index (χ0n) is 13.0. The van der Waals surface area contributed by atoms with E-state index >= 15 is 0 Å². The van der Waals surface area contributed by atoms with Crippen LogP contribution in [0.2, 0.25) is 0 Å². The molecule has 0 saturated carbocycles. The molecular formula is C15H25N3O4. The van der Waals surface area contributed by atoms with E-state index in [1.165, 1.54) is 0 Å². The second-order valence-electron chi connectivity index (χ2n) is 6.10. The van der Waals surface area contributed by atoms with Crippen LogP contribution in [0.15, 0.2) is 0 Å². The van der Waals surface area contributed by atoms with Gasteiger partial charge in [-0.25, -0.2) is 0 Å². The van der Waals surface area contributed by atoms with Gasteiger partial charge in [-0.1, -0.05) is 0 Å². The van der Waals surface area contributed by atoms with Gasteiger partial charge in [-0.05, 0) is 12.8 Å². The van der Waals surface area contributed by atoms with Gasteiger partial charge in [0.15, 0.2) is 0 Å². The van der Waals surface area contributed by atoms with E-state index in [0.29, 0.717) is 52.5 Å². The molecule has 7 heteroatoms. The molecule has 2 amide bonds. The highest BCUT2D eigenvalue weighted by Gasteiger charge is 2.31. The first kappa shape index (κ1) is 15.7. The fourth-order valence-electron chi connectivity index (χ4n) is 3.20. The second-order valence-corrected chi connectivity index (χ2v) is 6.10. The third-order valence-electron chi connectivity index (χ3n) is 4.61. The maximum absolute atomic E-state index is 12.3. The van der Waals surface area contributed by atoms with Gasteiger partial charge >= 0.3 is 0 Å². The average Bonchev–Trinajstić information content (AvgIpc) is 3.10. The van der Waals surface area contributed by atoms with Crippen LogP contribution < -0.4 is 0 Å². The SMILES string of the molecule is O=C(CN1CCOCC1)N1CCN(C(=O)C2CCCO2)CC1. The van der Waals surface area contributed by atoms with Gasteiger partial charge < -0.3 is 19.3 Å². The number of amides is 2. The summed E-state index contributed by atoms with van der Waals surface area (Å²) < 4.78 is 10.7. The molecule has 3 aliphatic rings. The molecular weight excluding hydrogens is 286 g/mol. The van der Waals surface area contributed by atoms with Crippen molar-refractivity contribution in [1.82, 2.24) is 14.7 Å². The molecule has 1 unspecified atom stereocenters. The van der Waals surface area contributed by atoms with Crippen molar-refractivity contribution in [1.29, 1.82) is 0 Å². The molecule has 3 rings (SSSR count). The lowest BCUT2D eigenvalue weighted by Gasteiger charge is -2.37. The second kappa shape index (κ2) is 7.39. The van der Waals surface area contributed by atoms with Crippen molar-refractivity contribution >= 4 is 11.8 Å². The number of nitrogens with zero attached hydrogens (tertiary/aromatic N) is 3. The van der Waals surface area contributed by atoms with Crippen LogP contribution in [0.4, 0.5) is 0 Å². The van der Waals surface area contributed by atoms with Gasteiger partial charge in [-0.3, -0.25) is 14.5 Å². The largest absolute Gasteiger partial charge is 0.379 e. The summed E-state index contributed by atoms with van der Waals surface area (Å²) in [6.07, 6.45) is 1.54. The molecule has 0 aromatic carbocycles. The number of morpholine rings is 1. The minimum absolute atomic E-state index is 0.0952. The summed E-state index contributed by atoms with van der Waals surface area (Å²) in [6, 6.07) is 0. The van der Waals surface area contributed by atoms with Crippen molar-refractivity contribution < 1.29 is 19.1 Å². The van der Waals surface area contributed by atoms with Crippen LogP contribution in [-0.2, 0) is 19.1 Å². The van der Waals surface area contributed by atoms with Gasteiger partial charge in [0.1, 0.15) is 6.10 Å². The predicted molar refractivity (Wildman–Crippen MR) is 79.4 cm³/mol. The average molecular weight is 311 g/mol. The molecule has 0 aromatic rings. The Morgan fingerprint density at radius 2 is 1.59 bits per heavy atom. The smallest absolute Gasteiger partial charge is 0.251 e. The predicted octanol–water partition coefficient (Wildman–Crippen LogP) is -0.832. The molecule has 0 aromatic heterocycles. The lowest BCUT2D eigenvalue weighted by molar-refractivity contribution is -0.146. The molecule has 3 aliphatic heterocycles. The summed E-state index contributed by atoms with van der Waals surface area (Å²) in [7, 11) is 0. The maximum Gasteiger partial charge on any atom is 0.251 e. The topological polar surface area (TPSA) is 62.3 Å². The first-order valence-corrected chi connectivity index (χ1v) is 8.22. The van der Waals surface area contributed by atoms with Crippen LogP contribution in [0.25, 0.3) is 0 Å². The summed E-state index contributed by atoms with van der Waals surface area (Å²) in [6.45, 7) is 6.70. The summed E-state index contributed by atoms with van der Waals surface area (Å²) >= 11 is 0. The Morgan fingerprint density at radius 3 is 2.23 bits per heavy atom. The number of ether oxygens (including phenoxy) is 2. The van der Waals surface area contributed by atoms with E-state index in [-0.39, 0.29) is 17.9 Å². The standard InChI is InChI=1S/C15H25N3O4/c19-14(12-16-7-10-21-11-8-16)17-3-5-18(6-4-17)15(20)13-2-1-9-22-13/h13H,1-12H2. The Morgan fingerprint density at radius 1 is 0.909 bits per heavy atom. The van der Waals surface area contributed by atoms with Crippen LogP contribution >= 0.6 is 0 Å². The molecule has 3 saturated heterocycles. The lowest BCUT2D eigenvalue weighted by Crippen LogP contribution is -2.54. The highest BCUT2D eigenvalue weighted by Crippen LogP contribution is 2.16. The van der Waals surface area contributed by atoms with E-state index in [1.807, 2.05) is 9.80 Å². The fourth-order valence-corrected chi connectivity index (χ4v) is 3.20. The Hall–Kier alpha value is -1.18. The quantitative estimate of drug-likeness (QED) is 0.681. The molecule has 0 aliphatic carbocycles. The number of carbonyl (C=O) groups excluding carboxylic acids is 2. The van der Waals surface area contributed by atoms with E-state index in [2.05, 4.69) is 4.90 Å². The summed E-state index contributed by atoms with van der Waals surface area (Å²) in [5.41, 5.74) is 0. The van der Waals surface area contributed by atoms with Crippen molar-refractivity contribution in [2.24, 2.45) is 0 Å². The molecule has 0 spiro atoms. The van der Waals surface area contributed by atoms with Crippen molar-refractivity contribution in [2.45, 2.75) is 18.9 Å². The zero-order chi connectivity index (χ0) is 15.4. The summed E-state index contributed by atoms with van der Waals surface area (Å²) in [5, 5.41) is 0. The van der Waals surface area contributed by atoms with Crippen LogP contribution in [-0.4, -0.2) is 98.3 Å². The molecule has 7 nitrogen and oxygen atoms in total. The molecule has 1 atom stereocenters. The number of rotatable bonds is 3. The molecule has 22 heavy (non-hydrogen) atoms. The molecule has 0 radical (unpaired) electrons. The Balaban J connectivity index is 1.42. The molecule has 3 heterocycles. The van der Waals surface area contributed by atoms with Crippen LogP contribution in [0, 0.1) is 0 Å². The molecule has 0 bridgehead atoms. The van der Waals surface area contributed by atoms with Gasteiger partial charge in [0.05, 0.1) is 19.8 Å². The van der Waals surface area contributed by atoms with Crippen LogP contribution in [0.3, 0.4) is 0 Å². The fraction of sp³-hybridized carbons (Fsp3) is 0.867. The minimum atomic E-state index is -0.254. The summed E-state index contributed by atoms with van der Waals surface area (Å²) in [4.78, 5) is 30.4. The van der Waals surface area contributed by atoms with Gasteiger partial charge in [-0.15, -0.1) is 0 Å². The van der Waals surface area contributed by atoms with Gasteiger partial charge in [-0.2, -0.15) is 0 Å². The van der Waals surface area contributed by atoms with Crippen LogP contribution in [0.5, 0.6) is 0 Å². The van der Waals surface area contributed by atoms with Crippen LogP contribution in [0.1, 0.15) is 12.8 Å². The lowest BCUT2D eigenvalue weighted by atomic mass is 10.2. The van der Waals surface area contributed by atoms with Gasteiger partial charge in [0, 0.05) is 45.9 Å². The summed E-state index contributed by atoms with van der Waals surface area (Å²) in [5.74, 6) is 0.254. The maximum atomic E-state index is 12.3. The minimum Gasteiger partial charge on any atom is -0.379 e. The van der Waals surface area contributed by atoms with E-state index in [1.54, 1.807) is 0 Å². The zero-order valence-corrected chi connectivity index (χ0v) is 13.0. The highest BCUT2D eigenvalue weighted by molar-refractivity contribution is 5.82. The molecule has 124 valence electrons. The number of carbonyl (C=O) groups is 2. The first-order valence-electron chi connectivity index (χ1n) is 8.22. The third-order valence-corrected chi connectivity index (χ3v) is 4.61. The van der Waals surface area contributed by atoms with Crippen molar-refractivity contribution in [2.75, 3.05) is 65.6 Å². The van der Waals surface area contributed by atoms with E-state index in [0.717, 1.165) is 25.9 Å². The monoisotopic (exact) mass is 311 g/mol. The van der Waals surface area contributed by atoms with Gasteiger partial charge in [0.25, 0.3) is 5.91 Å². The third kappa shape index (κ3) is 3.77. The van der Waals surface area contributed by atoms with Crippen molar-refractivity contribution in [3.63, 3.8) is 0 Å². The van der Waals surface area contributed by atoms with E-state index in [9.17, 15) is 9.59 Å². The number of piperazine rings is 1. The van der Waals surface area contributed by atoms with Crippen molar-refractivity contribution in [3.05, 3.63) is 0 Å². The van der Waals surface area contributed by atoms with Crippen molar-refractivity contribution in [3.8, 4) is 0 Å². The Kier molecular flexibility index (Phi) is 5.28. The Bertz CT molecular complexity index is 398. The highest BCUT2D eigenvalue weighted by atomic mass is 16.5.